The summed E-state index contributed by atoms with van der Waals surface area (Å²) in [4.78, 5) is 5.36. The summed E-state index contributed by atoms with van der Waals surface area (Å²) in [5, 5.41) is 0. The number of rotatable bonds is 7. The van der Waals surface area contributed by atoms with E-state index in [1.54, 1.807) is 0 Å². The lowest BCUT2D eigenvalue weighted by Crippen LogP contribution is -2.46. The van der Waals surface area contributed by atoms with E-state index in [2.05, 4.69) is 41.0 Å². The van der Waals surface area contributed by atoms with Gasteiger partial charge in [0.2, 0.25) is 0 Å². The van der Waals surface area contributed by atoms with Gasteiger partial charge in [-0.05, 0) is 69.3 Å². The molecule has 0 unspecified atom stereocenters. The van der Waals surface area contributed by atoms with Gasteiger partial charge in [-0.25, -0.2) is 0 Å². The number of unbranched alkanes of at least 4 members (excludes halogenated alkanes) is 3. The number of aryl methyl sites for hydroxylation is 1. The number of hydrogen-bond donors (Lipinski definition) is 0. The molecule has 2 heteroatoms. The van der Waals surface area contributed by atoms with Gasteiger partial charge in [-0.2, -0.15) is 0 Å². The Balaban J connectivity index is 1.44. The van der Waals surface area contributed by atoms with Gasteiger partial charge < -0.3 is 9.80 Å². The number of piperidine rings is 2. The van der Waals surface area contributed by atoms with Gasteiger partial charge in [0.1, 0.15) is 0 Å². The van der Waals surface area contributed by atoms with Crippen molar-refractivity contribution < 1.29 is 0 Å². The van der Waals surface area contributed by atoms with Crippen molar-refractivity contribution in [1.29, 1.82) is 0 Å². The fourth-order valence-corrected chi connectivity index (χ4v) is 4.40. The summed E-state index contributed by atoms with van der Waals surface area (Å²) in [5.74, 6) is 0. The molecule has 1 aromatic rings. The molecule has 0 atom stereocenters. The van der Waals surface area contributed by atoms with Crippen molar-refractivity contribution in [3.05, 3.63) is 29.8 Å². The number of anilines is 1. The molecule has 0 aliphatic carbocycles. The van der Waals surface area contributed by atoms with Crippen LogP contribution in [0.1, 0.15) is 70.3 Å². The first-order valence-corrected chi connectivity index (χ1v) is 10.4. The molecule has 2 saturated heterocycles. The van der Waals surface area contributed by atoms with Crippen LogP contribution >= 0.6 is 0 Å². The van der Waals surface area contributed by atoms with Gasteiger partial charge in [0, 0.05) is 24.8 Å². The standard InChI is InChI=1S/C22H36N2/c1-2-3-4-6-9-20-10-12-21(13-11-20)24-18-14-22(15-19-24)23-16-7-5-8-17-23/h10-13,22H,2-9,14-19H2,1H3. The summed E-state index contributed by atoms with van der Waals surface area (Å²) in [6, 6.07) is 10.3. The van der Waals surface area contributed by atoms with Gasteiger partial charge in [0.25, 0.3) is 0 Å². The van der Waals surface area contributed by atoms with Crippen molar-refractivity contribution >= 4 is 5.69 Å². The molecule has 1 aromatic carbocycles. The van der Waals surface area contributed by atoms with E-state index in [1.165, 1.54) is 102 Å². The highest BCUT2D eigenvalue weighted by molar-refractivity contribution is 5.48. The third kappa shape index (κ3) is 4.99. The molecule has 0 amide bonds. The SMILES string of the molecule is CCCCCCc1ccc(N2CCC(N3CCCCC3)CC2)cc1. The summed E-state index contributed by atoms with van der Waals surface area (Å²) in [6.45, 7) is 7.44. The van der Waals surface area contributed by atoms with Crippen molar-refractivity contribution in [3.8, 4) is 0 Å². The second kappa shape index (κ2) is 9.46. The topological polar surface area (TPSA) is 6.48 Å². The van der Waals surface area contributed by atoms with Crippen LogP contribution in [0.2, 0.25) is 0 Å². The van der Waals surface area contributed by atoms with Crippen LogP contribution in [0.4, 0.5) is 5.69 Å². The highest BCUT2D eigenvalue weighted by Crippen LogP contribution is 2.25. The molecule has 2 nitrogen and oxygen atoms in total. The Morgan fingerprint density at radius 1 is 0.833 bits per heavy atom. The first-order valence-electron chi connectivity index (χ1n) is 10.4. The number of likely N-dealkylation sites (tertiary alicyclic amines) is 1. The normalized spacial score (nSPS) is 20.5. The third-order valence-corrected chi connectivity index (χ3v) is 5.99. The minimum atomic E-state index is 0.847. The maximum Gasteiger partial charge on any atom is 0.0366 e. The average Bonchev–Trinajstić information content (AvgIpc) is 2.67. The molecule has 0 aromatic heterocycles. The van der Waals surface area contributed by atoms with E-state index >= 15 is 0 Å². The molecule has 2 heterocycles. The summed E-state index contributed by atoms with van der Waals surface area (Å²) in [7, 11) is 0. The summed E-state index contributed by atoms with van der Waals surface area (Å²) < 4.78 is 0. The smallest absolute Gasteiger partial charge is 0.0366 e. The first kappa shape index (κ1) is 17.8. The van der Waals surface area contributed by atoms with Crippen LogP contribution in [0, 0.1) is 0 Å². The van der Waals surface area contributed by atoms with Gasteiger partial charge in [0.05, 0.1) is 0 Å². The maximum absolute atomic E-state index is 2.76. The lowest BCUT2D eigenvalue weighted by atomic mass is 9.99. The molecule has 0 N–H and O–H groups in total. The quantitative estimate of drug-likeness (QED) is 0.630. The summed E-state index contributed by atoms with van der Waals surface area (Å²) in [6.07, 6.45) is 13.6. The minimum Gasteiger partial charge on any atom is -0.371 e. The van der Waals surface area contributed by atoms with E-state index in [4.69, 9.17) is 0 Å². The Morgan fingerprint density at radius 3 is 2.21 bits per heavy atom. The van der Waals surface area contributed by atoms with E-state index in [0.29, 0.717) is 0 Å². The zero-order valence-electron chi connectivity index (χ0n) is 15.7. The Morgan fingerprint density at radius 2 is 1.54 bits per heavy atom. The predicted octanol–water partition coefficient (Wildman–Crippen LogP) is 5.26. The summed E-state index contributed by atoms with van der Waals surface area (Å²) >= 11 is 0. The molecule has 0 bridgehead atoms. The maximum atomic E-state index is 2.76. The van der Waals surface area contributed by atoms with E-state index in [9.17, 15) is 0 Å². The Labute approximate surface area is 149 Å². The molecule has 2 fully saturated rings. The largest absolute Gasteiger partial charge is 0.371 e. The second-order valence-electron chi connectivity index (χ2n) is 7.79. The van der Waals surface area contributed by atoms with Gasteiger partial charge >= 0.3 is 0 Å². The van der Waals surface area contributed by atoms with Crippen molar-refractivity contribution in [3.63, 3.8) is 0 Å². The fourth-order valence-electron chi connectivity index (χ4n) is 4.40. The molecule has 2 aliphatic heterocycles. The van der Waals surface area contributed by atoms with Crippen molar-refractivity contribution in [2.75, 3.05) is 31.1 Å². The molecular weight excluding hydrogens is 292 g/mol. The number of benzene rings is 1. The van der Waals surface area contributed by atoms with Crippen LogP contribution in [-0.2, 0) is 6.42 Å². The van der Waals surface area contributed by atoms with E-state index in [-0.39, 0.29) is 0 Å². The molecular formula is C22H36N2. The molecule has 2 aliphatic rings. The average molecular weight is 329 g/mol. The monoisotopic (exact) mass is 328 g/mol. The third-order valence-electron chi connectivity index (χ3n) is 5.99. The number of hydrogen-bond acceptors (Lipinski definition) is 2. The fraction of sp³-hybridized carbons (Fsp3) is 0.727. The molecule has 134 valence electrons. The van der Waals surface area contributed by atoms with Crippen LogP contribution in [0.3, 0.4) is 0 Å². The van der Waals surface area contributed by atoms with Crippen LogP contribution in [0.5, 0.6) is 0 Å². The van der Waals surface area contributed by atoms with Gasteiger partial charge in [-0.15, -0.1) is 0 Å². The second-order valence-corrected chi connectivity index (χ2v) is 7.79. The van der Waals surface area contributed by atoms with Crippen LogP contribution in [0.15, 0.2) is 24.3 Å². The van der Waals surface area contributed by atoms with Gasteiger partial charge in [-0.1, -0.05) is 44.7 Å². The molecule has 0 spiro atoms. The minimum absolute atomic E-state index is 0.847. The molecule has 0 saturated carbocycles. The van der Waals surface area contributed by atoms with Crippen LogP contribution in [-0.4, -0.2) is 37.1 Å². The van der Waals surface area contributed by atoms with Crippen molar-refractivity contribution in [1.82, 2.24) is 4.90 Å². The van der Waals surface area contributed by atoms with Crippen LogP contribution < -0.4 is 4.90 Å². The van der Waals surface area contributed by atoms with E-state index < -0.39 is 0 Å². The van der Waals surface area contributed by atoms with Gasteiger partial charge in [0.15, 0.2) is 0 Å². The Hall–Kier alpha value is -1.02. The lowest BCUT2D eigenvalue weighted by molar-refractivity contribution is 0.141. The zero-order chi connectivity index (χ0) is 16.6. The molecule has 0 radical (unpaired) electrons. The van der Waals surface area contributed by atoms with Crippen LogP contribution in [0.25, 0.3) is 0 Å². The predicted molar refractivity (Wildman–Crippen MR) is 105 cm³/mol. The highest BCUT2D eigenvalue weighted by atomic mass is 15.2. The van der Waals surface area contributed by atoms with Gasteiger partial charge in [-0.3, -0.25) is 0 Å². The Bertz CT molecular complexity index is 453. The summed E-state index contributed by atoms with van der Waals surface area (Å²) in [5.41, 5.74) is 2.95. The highest BCUT2D eigenvalue weighted by Gasteiger charge is 2.25. The zero-order valence-corrected chi connectivity index (χ0v) is 15.7. The number of nitrogens with zero attached hydrogens (tertiary/aromatic N) is 2. The molecule has 3 rings (SSSR count). The van der Waals surface area contributed by atoms with Crippen molar-refractivity contribution in [2.24, 2.45) is 0 Å². The van der Waals surface area contributed by atoms with E-state index in [0.717, 1.165) is 6.04 Å². The lowest BCUT2D eigenvalue weighted by Gasteiger charge is -2.41. The van der Waals surface area contributed by atoms with Crippen molar-refractivity contribution in [2.45, 2.75) is 77.2 Å². The molecule has 24 heavy (non-hydrogen) atoms. The Kier molecular flexibility index (Phi) is 7.01. The first-order chi connectivity index (χ1) is 11.9. The van der Waals surface area contributed by atoms with E-state index in [1.807, 2.05) is 0 Å².